The molecule has 62 valence electrons. The number of rotatable bonds is 1. The van der Waals surface area contributed by atoms with Crippen molar-refractivity contribution in [3.63, 3.8) is 0 Å². The average molecular weight is 213 g/mol. The highest BCUT2D eigenvalue weighted by molar-refractivity contribution is 6.33. The number of hydrogen-bond acceptors (Lipinski definition) is 2. The molecule has 0 aliphatic heterocycles. The van der Waals surface area contributed by atoms with Crippen LogP contribution in [0.15, 0.2) is 12.1 Å². The third-order valence-corrected chi connectivity index (χ3v) is 1.43. The van der Waals surface area contributed by atoms with Crippen molar-refractivity contribution in [2.45, 2.75) is 6.54 Å². The van der Waals surface area contributed by atoms with Crippen molar-refractivity contribution in [3.05, 3.63) is 28.0 Å². The predicted octanol–water partition coefficient (Wildman–Crippen LogP) is 2.27. The van der Waals surface area contributed by atoms with Gasteiger partial charge in [-0.3, -0.25) is 0 Å². The third kappa shape index (κ3) is 3.25. The molecule has 0 spiro atoms. The maximum absolute atomic E-state index is 5.65. The van der Waals surface area contributed by atoms with Gasteiger partial charge < -0.3 is 5.73 Å². The van der Waals surface area contributed by atoms with Crippen molar-refractivity contribution >= 4 is 35.6 Å². The van der Waals surface area contributed by atoms with E-state index in [-0.39, 0.29) is 12.4 Å². The van der Waals surface area contributed by atoms with E-state index in [9.17, 15) is 0 Å². The number of nitrogens with two attached hydrogens (primary N) is 1. The highest BCUT2D eigenvalue weighted by atomic mass is 35.5. The quantitative estimate of drug-likeness (QED) is 0.727. The largest absolute Gasteiger partial charge is 0.325 e. The van der Waals surface area contributed by atoms with E-state index in [1.807, 2.05) is 0 Å². The molecule has 0 radical (unpaired) electrons. The summed E-state index contributed by atoms with van der Waals surface area (Å²) in [7, 11) is 0. The topological polar surface area (TPSA) is 38.9 Å². The average Bonchev–Trinajstić information content (AvgIpc) is 1.85. The van der Waals surface area contributed by atoms with Gasteiger partial charge in [-0.25, -0.2) is 4.98 Å². The summed E-state index contributed by atoms with van der Waals surface area (Å²) >= 11 is 11.2. The van der Waals surface area contributed by atoms with Crippen molar-refractivity contribution in [2.75, 3.05) is 0 Å². The second-order valence-corrected chi connectivity index (χ2v) is 2.63. The Morgan fingerprint density at radius 1 is 1.36 bits per heavy atom. The van der Waals surface area contributed by atoms with Crippen LogP contribution in [0, 0.1) is 0 Å². The Labute approximate surface area is 81.1 Å². The minimum atomic E-state index is 0. The van der Waals surface area contributed by atoms with E-state index in [2.05, 4.69) is 4.98 Å². The maximum Gasteiger partial charge on any atom is 0.130 e. The van der Waals surface area contributed by atoms with E-state index in [4.69, 9.17) is 28.9 Å². The zero-order valence-electron chi connectivity index (χ0n) is 5.55. The Bertz CT molecular complexity index is 219. The minimum Gasteiger partial charge on any atom is -0.325 e. The molecule has 0 aliphatic rings. The van der Waals surface area contributed by atoms with Crippen LogP contribution < -0.4 is 5.73 Å². The molecule has 1 rings (SSSR count). The Kier molecular flexibility index (Phi) is 4.77. The molecule has 0 saturated carbocycles. The molecule has 1 aromatic heterocycles. The molecular weight excluding hydrogens is 206 g/mol. The first-order valence-electron chi connectivity index (χ1n) is 2.74. The summed E-state index contributed by atoms with van der Waals surface area (Å²) in [6.45, 7) is 0.361. The van der Waals surface area contributed by atoms with Gasteiger partial charge in [-0.2, -0.15) is 0 Å². The van der Waals surface area contributed by atoms with Crippen LogP contribution in [0.5, 0.6) is 0 Å². The van der Waals surface area contributed by atoms with Crippen LogP contribution >= 0.6 is 35.6 Å². The molecule has 1 aromatic rings. The molecule has 0 amide bonds. The van der Waals surface area contributed by atoms with Gasteiger partial charge in [0.25, 0.3) is 0 Å². The molecule has 0 fully saturated rings. The summed E-state index contributed by atoms with van der Waals surface area (Å²) < 4.78 is 0. The fourth-order valence-corrected chi connectivity index (χ4v) is 1.13. The molecule has 2 N–H and O–H groups in total. The standard InChI is InChI=1S/C6H6Cl2N2.ClH/c7-4-1-5(3-9)10-6(8)2-4;/h1-2H,3,9H2;1H. The van der Waals surface area contributed by atoms with Gasteiger partial charge in [0, 0.05) is 11.6 Å². The molecule has 2 nitrogen and oxygen atoms in total. The van der Waals surface area contributed by atoms with Crippen LogP contribution in [-0.2, 0) is 6.54 Å². The summed E-state index contributed by atoms with van der Waals surface area (Å²) in [5, 5.41) is 0.952. The summed E-state index contributed by atoms with van der Waals surface area (Å²) in [5.41, 5.74) is 6.01. The number of pyridine rings is 1. The molecule has 0 aromatic carbocycles. The first-order valence-corrected chi connectivity index (χ1v) is 3.50. The normalized spacial score (nSPS) is 9.00. The van der Waals surface area contributed by atoms with E-state index < -0.39 is 0 Å². The van der Waals surface area contributed by atoms with Crippen molar-refractivity contribution in [2.24, 2.45) is 5.73 Å². The monoisotopic (exact) mass is 212 g/mol. The van der Waals surface area contributed by atoms with Gasteiger partial charge in [0.2, 0.25) is 0 Å². The van der Waals surface area contributed by atoms with Crippen LogP contribution in [0.3, 0.4) is 0 Å². The summed E-state index contributed by atoms with van der Waals surface area (Å²) in [5.74, 6) is 0. The lowest BCUT2D eigenvalue weighted by Gasteiger charge is -1.96. The van der Waals surface area contributed by atoms with Crippen LogP contribution in [0.1, 0.15) is 5.69 Å². The zero-order chi connectivity index (χ0) is 7.56. The Morgan fingerprint density at radius 2 is 2.00 bits per heavy atom. The Balaban J connectivity index is 0.000001000. The molecule has 0 bridgehead atoms. The number of halogens is 3. The molecule has 1 heterocycles. The van der Waals surface area contributed by atoms with Gasteiger partial charge in [0.05, 0.1) is 5.69 Å². The Morgan fingerprint density at radius 3 is 2.45 bits per heavy atom. The van der Waals surface area contributed by atoms with Crippen molar-refractivity contribution in [3.8, 4) is 0 Å². The summed E-state index contributed by atoms with van der Waals surface area (Å²) in [6, 6.07) is 3.26. The molecule has 11 heavy (non-hydrogen) atoms. The first-order chi connectivity index (χ1) is 4.72. The van der Waals surface area contributed by atoms with Crippen LogP contribution in [0.25, 0.3) is 0 Å². The fourth-order valence-electron chi connectivity index (χ4n) is 0.621. The lowest BCUT2D eigenvalue weighted by atomic mass is 10.3. The Hall–Kier alpha value is -0.0200. The molecule has 0 atom stereocenters. The van der Waals surface area contributed by atoms with Gasteiger partial charge in [0.15, 0.2) is 0 Å². The first kappa shape index (κ1) is 11.0. The number of nitrogens with zero attached hydrogens (tertiary/aromatic N) is 1. The molecular formula is C6H7Cl3N2. The predicted molar refractivity (Wildman–Crippen MR) is 49.4 cm³/mol. The zero-order valence-corrected chi connectivity index (χ0v) is 7.88. The SMILES string of the molecule is Cl.NCc1cc(Cl)cc(Cl)n1. The van der Waals surface area contributed by atoms with Crippen LogP contribution in [0.2, 0.25) is 10.2 Å². The minimum absolute atomic E-state index is 0. The molecule has 5 heteroatoms. The lowest BCUT2D eigenvalue weighted by Crippen LogP contribution is -1.98. The van der Waals surface area contributed by atoms with Crippen LogP contribution in [-0.4, -0.2) is 4.98 Å². The van der Waals surface area contributed by atoms with Crippen molar-refractivity contribution in [1.82, 2.24) is 4.98 Å². The van der Waals surface area contributed by atoms with Gasteiger partial charge in [-0.15, -0.1) is 12.4 Å². The second-order valence-electron chi connectivity index (χ2n) is 1.80. The van der Waals surface area contributed by atoms with E-state index in [0.29, 0.717) is 22.4 Å². The maximum atomic E-state index is 5.65. The number of hydrogen-bond donors (Lipinski definition) is 1. The second kappa shape index (κ2) is 4.78. The van der Waals surface area contributed by atoms with Crippen molar-refractivity contribution in [1.29, 1.82) is 0 Å². The van der Waals surface area contributed by atoms with E-state index >= 15 is 0 Å². The molecule has 0 unspecified atom stereocenters. The highest BCUT2D eigenvalue weighted by Gasteiger charge is 1.95. The number of aromatic nitrogens is 1. The van der Waals surface area contributed by atoms with E-state index in [1.165, 1.54) is 0 Å². The molecule has 0 saturated heterocycles. The van der Waals surface area contributed by atoms with Crippen molar-refractivity contribution < 1.29 is 0 Å². The van der Waals surface area contributed by atoms with Gasteiger partial charge in [-0.05, 0) is 12.1 Å². The lowest BCUT2D eigenvalue weighted by molar-refractivity contribution is 0.991. The smallest absolute Gasteiger partial charge is 0.130 e. The molecule has 0 aliphatic carbocycles. The van der Waals surface area contributed by atoms with Gasteiger partial charge >= 0.3 is 0 Å². The van der Waals surface area contributed by atoms with Crippen LogP contribution in [0.4, 0.5) is 0 Å². The highest BCUT2D eigenvalue weighted by Crippen LogP contribution is 2.14. The summed E-state index contributed by atoms with van der Waals surface area (Å²) in [6.07, 6.45) is 0. The van der Waals surface area contributed by atoms with E-state index in [0.717, 1.165) is 0 Å². The fraction of sp³-hybridized carbons (Fsp3) is 0.167. The van der Waals surface area contributed by atoms with Gasteiger partial charge in [-0.1, -0.05) is 23.2 Å². The third-order valence-electron chi connectivity index (χ3n) is 1.02. The van der Waals surface area contributed by atoms with E-state index in [1.54, 1.807) is 12.1 Å². The van der Waals surface area contributed by atoms with Gasteiger partial charge in [0.1, 0.15) is 5.15 Å². The summed E-state index contributed by atoms with van der Waals surface area (Å²) in [4.78, 5) is 3.91.